The van der Waals surface area contributed by atoms with Crippen LogP contribution >= 0.6 is 11.8 Å². The van der Waals surface area contributed by atoms with Crippen LogP contribution in [0.5, 0.6) is 0 Å². The molecule has 5 aliphatic rings. The molecular weight excluding hydrogens is 1530 g/mol. The fraction of sp³-hybridized carbons (Fsp3) is 0.383. The Hall–Kier alpha value is -12.2. The van der Waals surface area contributed by atoms with Gasteiger partial charge in [-0.1, -0.05) is 169 Å². The van der Waals surface area contributed by atoms with E-state index in [4.69, 9.17) is 38.9 Å². The molecule has 1 saturated carbocycles. The number of carbonyl (C=O) groups is 6. The molecule has 11 aromatic rings. The third kappa shape index (κ3) is 18.0. The first kappa shape index (κ1) is 82.9. The molecule has 8 heterocycles. The van der Waals surface area contributed by atoms with Gasteiger partial charge in [-0.3, -0.25) is 19.3 Å². The van der Waals surface area contributed by atoms with E-state index < -0.39 is 35.9 Å². The van der Waals surface area contributed by atoms with E-state index in [1.54, 1.807) is 11.8 Å². The monoisotopic (exact) mass is 1640 g/mol. The van der Waals surface area contributed by atoms with E-state index in [-0.39, 0.29) is 76.4 Å². The number of aromatic nitrogens is 8. The number of thioether (sulfide) groups is 1. The molecule has 0 bridgehead atoms. The van der Waals surface area contributed by atoms with Crippen LogP contribution in [0.25, 0.3) is 88.8 Å². The summed E-state index contributed by atoms with van der Waals surface area (Å²) in [5, 5.41) is 12.8. The predicted octanol–water partition coefficient (Wildman–Crippen LogP) is 17.8. The number of rotatable bonds is 22. The first-order valence-electron chi connectivity index (χ1n) is 41.5. The number of amides is 6. The number of ether oxygens (including phenoxy) is 4. The van der Waals surface area contributed by atoms with Gasteiger partial charge < -0.3 is 69.5 Å². The zero-order valence-electron chi connectivity index (χ0n) is 70.1. The van der Waals surface area contributed by atoms with Gasteiger partial charge in [-0.05, 0) is 174 Å². The number of nitrogens with one attached hydrogen (secondary N) is 7. The zero-order chi connectivity index (χ0) is 84.4. The lowest BCUT2D eigenvalue weighted by atomic mass is 9.96. The van der Waals surface area contributed by atoms with Gasteiger partial charge in [0, 0.05) is 49.0 Å². The Morgan fingerprint density at radius 1 is 0.483 bits per heavy atom. The maximum atomic E-state index is 13.9. The van der Waals surface area contributed by atoms with Gasteiger partial charge in [0.2, 0.25) is 17.7 Å². The van der Waals surface area contributed by atoms with Gasteiger partial charge in [-0.15, -0.1) is 11.8 Å². The Labute approximate surface area is 704 Å². The van der Waals surface area contributed by atoms with Crippen LogP contribution in [0.15, 0.2) is 189 Å². The first-order chi connectivity index (χ1) is 57.7. The molecule has 6 amide bonds. The maximum absolute atomic E-state index is 13.9. The van der Waals surface area contributed by atoms with Crippen LogP contribution in [-0.4, -0.2) is 172 Å². The van der Waals surface area contributed by atoms with Crippen LogP contribution < -0.4 is 16.0 Å². The van der Waals surface area contributed by atoms with Crippen molar-refractivity contribution in [2.24, 2.45) is 23.2 Å². The molecule has 7 N–H and O–H groups in total. The molecule has 0 unspecified atom stereocenters. The summed E-state index contributed by atoms with van der Waals surface area (Å²) in [4.78, 5) is 119. The number of hydrogen-bond acceptors (Lipinski definition) is 16. The van der Waals surface area contributed by atoms with Gasteiger partial charge in [0.25, 0.3) is 0 Å². The lowest BCUT2D eigenvalue weighted by Gasteiger charge is -2.30. The summed E-state index contributed by atoms with van der Waals surface area (Å²) in [7, 11) is 4.14. The Kier molecular flexibility index (Phi) is 24.2. The van der Waals surface area contributed by atoms with Crippen LogP contribution in [0.4, 0.5) is 14.4 Å². The molecular formula is C94H107N15O10S. The van der Waals surface area contributed by atoms with Gasteiger partial charge in [0.1, 0.15) is 52.4 Å². The molecule has 7 aromatic carbocycles. The van der Waals surface area contributed by atoms with Crippen LogP contribution in [0, 0.1) is 23.2 Å². The van der Waals surface area contributed by atoms with Crippen molar-refractivity contribution in [2.75, 3.05) is 53.3 Å². The number of aromatic amines is 4. The van der Waals surface area contributed by atoms with Crippen LogP contribution in [0.2, 0.25) is 0 Å². The molecule has 4 aromatic heterocycles. The number of likely N-dealkylation sites (tertiary alicyclic amines) is 3. The largest absolute Gasteiger partial charge is 0.483 e. The average Bonchev–Trinajstić information content (AvgIpc) is 1.58. The molecule has 4 saturated heterocycles. The van der Waals surface area contributed by atoms with Gasteiger partial charge in [0.05, 0.1) is 87.0 Å². The molecule has 1 aliphatic carbocycles. The third-order valence-electron chi connectivity index (χ3n) is 23.9. The van der Waals surface area contributed by atoms with E-state index in [0.29, 0.717) is 32.1 Å². The number of H-pyrrole nitrogens is 4. The maximum Gasteiger partial charge on any atom is 0.410 e. The summed E-state index contributed by atoms with van der Waals surface area (Å²) in [6, 6.07) is 50.5. The summed E-state index contributed by atoms with van der Waals surface area (Å²) in [6.07, 6.45) is 11.2. The van der Waals surface area contributed by atoms with E-state index in [2.05, 4.69) is 176 Å². The lowest BCUT2D eigenvalue weighted by molar-refractivity contribution is -0.136. The molecule has 0 radical (unpaired) electrons. The zero-order valence-corrected chi connectivity index (χ0v) is 71.0. The van der Waals surface area contributed by atoms with Gasteiger partial charge >= 0.3 is 18.3 Å². The second-order valence-electron chi connectivity index (χ2n) is 34.3. The topological polar surface area (TPSA) is 303 Å². The molecule has 16 rings (SSSR count). The van der Waals surface area contributed by atoms with Crippen molar-refractivity contribution in [3.63, 3.8) is 0 Å². The Bertz CT molecular complexity index is 5570. The Morgan fingerprint density at radius 3 is 1.39 bits per heavy atom. The third-order valence-corrected chi connectivity index (χ3v) is 25.1. The van der Waals surface area contributed by atoms with E-state index in [1.165, 1.54) is 26.9 Å². The molecule has 624 valence electrons. The summed E-state index contributed by atoms with van der Waals surface area (Å²) < 4.78 is 20.6. The minimum atomic E-state index is -0.684. The molecule has 5 fully saturated rings. The Balaban J connectivity index is 0.000000187. The predicted molar refractivity (Wildman–Crippen MR) is 466 cm³/mol. The summed E-state index contributed by atoms with van der Waals surface area (Å²) in [5.74, 6) is 4.00. The highest BCUT2D eigenvalue weighted by Crippen LogP contribution is 2.58. The number of hydrogen-bond donors (Lipinski definition) is 7. The number of benzene rings is 7. The number of fused-ring (bicyclic) bond motifs is 2. The second-order valence-corrected chi connectivity index (χ2v) is 35.5. The van der Waals surface area contributed by atoms with E-state index in [0.717, 1.165) is 156 Å². The van der Waals surface area contributed by atoms with Gasteiger partial charge in [0.15, 0.2) is 5.88 Å². The lowest BCUT2D eigenvalue weighted by Crippen LogP contribution is -2.51. The summed E-state index contributed by atoms with van der Waals surface area (Å²) in [5.41, 5.74) is 12.7. The van der Waals surface area contributed by atoms with Gasteiger partial charge in [-0.2, -0.15) is 0 Å². The summed E-state index contributed by atoms with van der Waals surface area (Å²) >= 11 is 1.71. The van der Waals surface area contributed by atoms with E-state index >= 15 is 0 Å². The van der Waals surface area contributed by atoms with Crippen molar-refractivity contribution < 1.29 is 47.7 Å². The van der Waals surface area contributed by atoms with Crippen molar-refractivity contribution in [2.45, 2.75) is 154 Å². The Morgan fingerprint density at radius 2 is 0.908 bits per heavy atom. The van der Waals surface area contributed by atoms with E-state index in [1.807, 2.05) is 125 Å². The SMILES string of the molecule is C=C(N[C@H](C(=O)N1CCS[C@H]1c1ncc(-c2ccc(-c3ccc4cc(-c5cnc([C@@H]6CC7(CC7)CN6C(=O)[C@@H](NC(=O)OC)C(C)C)[nH]5)ccc4c3)cc2)[nH]1)C(C)C)OC.COC(=O)N[C@H](C(=O)N1CCC[C@H]1c1ncc(-c2ccc3cc(-c4ccc(-c5cnc([C@@H]6C[C@@H](c7ccccc7)CN6C(=O)OC(C)(C)C)[nH]5)cc4)ccc3c2)[nH]1)C(C)C. The van der Waals surface area contributed by atoms with Crippen molar-refractivity contribution >= 4 is 69.3 Å². The summed E-state index contributed by atoms with van der Waals surface area (Å²) in [6.45, 7) is 23.7. The molecule has 1 spiro atoms. The van der Waals surface area contributed by atoms with Crippen molar-refractivity contribution in [3.05, 3.63) is 218 Å². The smallest absolute Gasteiger partial charge is 0.410 e. The fourth-order valence-corrected chi connectivity index (χ4v) is 18.2. The van der Waals surface area contributed by atoms with Gasteiger partial charge in [-0.25, -0.2) is 34.3 Å². The van der Waals surface area contributed by atoms with Crippen LogP contribution in [0.1, 0.15) is 159 Å². The molecule has 8 atom stereocenters. The highest BCUT2D eigenvalue weighted by atomic mass is 32.2. The highest BCUT2D eigenvalue weighted by molar-refractivity contribution is 7.99. The first-order valence-corrected chi connectivity index (χ1v) is 42.5. The molecule has 26 heteroatoms. The number of carbonyl (C=O) groups excluding carboxylic acids is 6. The molecule has 120 heavy (non-hydrogen) atoms. The molecule has 4 aliphatic heterocycles. The van der Waals surface area contributed by atoms with Crippen LogP contribution in [0.3, 0.4) is 0 Å². The van der Waals surface area contributed by atoms with Crippen LogP contribution in [-0.2, 0) is 33.3 Å². The average molecular weight is 1640 g/mol. The number of imidazole rings is 4. The standard InChI is InChI=1S/C48H53N7O5.C46H54N8O5S/c1-29(2)42(53-46(57)59-6)45(56)54-22-10-13-40(54)43-49-27-39(52-43)36-21-20-34-23-33(18-19-35(34)24-36)31-14-16-32(17-15-31)38-26-50-44(51-38)41-25-37(30-11-8-7-9-12-30)28-55(41)47(58)60-48(3,4)5;1-26(2)38(49-28(5)58-6)42(55)53-18-19-60-44(53)41-48-23-35(51-41)30-10-8-29(9-11-30)31-12-13-33-21-34(15-14-32(33)20-31)36-24-47-40(50-36)37-22-46(16-17-46)25-54(37)43(56)39(27(3)4)52-45(57)59-7/h7-9,11-12,14-21,23-24,26-27,29,37,40-42H,10,13,22,25,28H2,1-6H3,(H,49,52)(H,50,51)(H,53,57);8-15,20-21,23-24,26-27,37-39,44,49H,5,16-19,22,25H2,1-4,6-7H3,(H,47,50)(H,48,51)(H,52,57)/t37-,40+,41+,42+;37-,38-,39-,44-/m10/s1. The minimum absolute atomic E-state index is 0.00245. The second kappa shape index (κ2) is 35.0. The minimum Gasteiger partial charge on any atom is -0.483 e. The van der Waals surface area contributed by atoms with Crippen molar-refractivity contribution in [1.29, 1.82) is 0 Å². The molecule has 25 nitrogen and oxygen atoms in total. The number of nitrogens with zero attached hydrogens (tertiary/aromatic N) is 8. The normalized spacial score (nSPS) is 18.9. The van der Waals surface area contributed by atoms with Crippen molar-refractivity contribution in [1.82, 2.24) is 75.4 Å². The highest BCUT2D eigenvalue weighted by Gasteiger charge is 2.55. The van der Waals surface area contributed by atoms with E-state index in [9.17, 15) is 28.8 Å². The quantitative estimate of drug-likeness (QED) is 0.0245. The fourth-order valence-electron chi connectivity index (χ4n) is 17.0. The number of alkyl carbamates (subject to hydrolysis) is 2. The number of methoxy groups -OCH3 is 3. The van der Waals surface area contributed by atoms with Crippen molar-refractivity contribution in [3.8, 4) is 67.3 Å².